The van der Waals surface area contributed by atoms with Crippen molar-refractivity contribution in [2.75, 3.05) is 6.61 Å². The summed E-state index contributed by atoms with van der Waals surface area (Å²) in [5.41, 5.74) is 3.29. The number of imidazole rings is 1. The maximum absolute atomic E-state index is 8.82. The highest BCUT2D eigenvalue weighted by Gasteiger charge is 2.00. The van der Waals surface area contributed by atoms with Crippen LogP contribution >= 0.6 is 0 Å². The lowest BCUT2D eigenvalue weighted by Crippen LogP contribution is -1.99. The third-order valence-corrected chi connectivity index (χ3v) is 2.12. The summed E-state index contributed by atoms with van der Waals surface area (Å²) in [5.74, 6) is 0. The lowest BCUT2D eigenvalue weighted by Gasteiger charge is -2.00. The molecular formula is C10H12N2O. The summed E-state index contributed by atoms with van der Waals surface area (Å²) in [6.07, 6.45) is 1.76. The maximum atomic E-state index is 8.82. The van der Waals surface area contributed by atoms with Crippen LogP contribution in [0.15, 0.2) is 24.5 Å². The summed E-state index contributed by atoms with van der Waals surface area (Å²) in [6, 6.07) is 6.12. The van der Waals surface area contributed by atoms with Gasteiger partial charge in [-0.2, -0.15) is 0 Å². The van der Waals surface area contributed by atoms with E-state index < -0.39 is 0 Å². The molecule has 2 rings (SSSR count). The van der Waals surface area contributed by atoms with Crippen LogP contribution in [0.2, 0.25) is 0 Å². The van der Waals surface area contributed by atoms with Gasteiger partial charge < -0.3 is 9.67 Å². The van der Waals surface area contributed by atoms with Crippen LogP contribution in [0.1, 0.15) is 5.56 Å². The monoisotopic (exact) mass is 176 g/mol. The highest BCUT2D eigenvalue weighted by Crippen LogP contribution is 2.13. The standard InChI is InChI=1S/C10H12N2O/c1-8-2-3-9-10(6-8)12(4-5-13)7-11-9/h2-3,6-7,13H,4-5H2,1H3. The molecule has 1 aromatic heterocycles. The number of aryl methyl sites for hydroxylation is 1. The molecule has 0 bridgehead atoms. The predicted octanol–water partition coefficient (Wildman–Crippen LogP) is 1.34. The number of fused-ring (bicyclic) bond motifs is 1. The first-order chi connectivity index (χ1) is 6.31. The van der Waals surface area contributed by atoms with Crippen molar-refractivity contribution in [3.05, 3.63) is 30.1 Å². The number of nitrogens with zero attached hydrogens (tertiary/aromatic N) is 2. The van der Waals surface area contributed by atoms with Crippen LogP contribution in [0, 0.1) is 6.92 Å². The summed E-state index contributed by atoms with van der Waals surface area (Å²) in [7, 11) is 0. The Labute approximate surface area is 76.6 Å². The second-order valence-corrected chi connectivity index (χ2v) is 3.15. The van der Waals surface area contributed by atoms with E-state index in [0.29, 0.717) is 6.54 Å². The molecule has 0 unspecified atom stereocenters. The van der Waals surface area contributed by atoms with E-state index in [-0.39, 0.29) is 6.61 Å². The van der Waals surface area contributed by atoms with E-state index in [1.54, 1.807) is 6.33 Å². The Balaban J connectivity index is 2.58. The highest BCUT2D eigenvalue weighted by molar-refractivity contribution is 5.75. The molecule has 13 heavy (non-hydrogen) atoms. The van der Waals surface area contributed by atoms with Crippen LogP contribution in [0.3, 0.4) is 0 Å². The summed E-state index contributed by atoms with van der Waals surface area (Å²) < 4.78 is 1.96. The minimum Gasteiger partial charge on any atom is -0.395 e. The first-order valence-electron chi connectivity index (χ1n) is 4.33. The van der Waals surface area contributed by atoms with Crippen LogP contribution in [0.25, 0.3) is 11.0 Å². The lowest BCUT2D eigenvalue weighted by molar-refractivity contribution is 0.278. The normalized spacial score (nSPS) is 10.9. The van der Waals surface area contributed by atoms with Gasteiger partial charge in [0.25, 0.3) is 0 Å². The SMILES string of the molecule is Cc1ccc2ncn(CCO)c2c1. The Morgan fingerprint density at radius 3 is 3.08 bits per heavy atom. The zero-order chi connectivity index (χ0) is 9.26. The molecule has 0 aliphatic carbocycles. The van der Waals surface area contributed by atoms with Gasteiger partial charge in [-0.3, -0.25) is 0 Å². The number of aromatic nitrogens is 2. The van der Waals surface area contributed by atoms with Gasteiger partial charge in [-0.05, 0) is 24.6 Å². The molecule has 2 aromatic rings. The van der Waals surface area contributed by atoms with E-state index in [4.69, 9.17) is 5.11 Å². The van der Waals surface area contributed by atoms with Crippen LogP contribution in [0.5, 0.6) is 0 Å². The van der Waals surface area contributed by atoms with Crippen molar-refractivity contribution in [3.8, 4) is 0 Å². The average Bonchev–Trinajstić information content (AvgIpc) is 2.49. The topological polar surface area (TPSA) is 38.0 Å². The smallest absolute Gasteiger partial charge is 0.0959 e. The molecule has 3 heteroatoms. The first kappa shape index (κ1) is 8.26. The zero-order valence-electron chi connectivity index (χ0n) is 7.57. The Hall–Kier alpha value is -1.35. The molecule has 0 saturated carbocycles. The van der Waals surface area contributed by atoms with Gasteiger partial charge in [0.05, 0.1) is 24.0 Å². The third-order valence-electron chi connectivity index (χ3n) is 2.12. The lowest BCUT2D eigenvalue weighted by atomic mass is 10.2. The number of benzene rings is 1. The van der Waals surface area contributed by atoms with Crippen LogP contribution in [-0.4, -0.2) is 21.3 Å². The molecule has 0 spiro atoms. The fourth-order valence-corrected chi connectivity index (χ4v) is 1.45. The summed E-state index contributed by atoms with van der Waals surface area (Å²) >= 11 is 0. The van der Waals surface area contributed by atoms with Crippen LogP contribution < -0.4 is 0 Å². The van der Waals surface area contributed by atoms with Crippen molar-refractivity contribution < 1.29 is 5.11 Å². The van der Waals surface area contributed by atoms with Crippen LogP contribution in [0.4, 0.5) is 0 Å². The minimum absolute atomic E-state index is 0.152. The highest BCUT2D eigenvalue weighted by atomic mass is 16.3. The van der Waals surface area contributed by atoms with E-state index in [0.717, 1.165) is 11.0 Å². The van der Waals surface area contributed by atoms with Gasteiger partial charge in [-0.15, -0.1) is 0 Å². The number of aliphatic hydroxyl groups excluding tert-OH is 1. The van der Waals surface area contributed by atoms with E-state index >= 15 is 0 Å². The van der Waals surface area contributed by atoms with Crippen molar-refractivity contribution >= 4 is 11.0 Å². The molecule has 0 atom stereocenters. The molecule has 3 nitrogen and oxygen atoms in total. The van der Waals surface area contributed by atoms with Crippen molar-refractivity contribution in [2.45, 2.75) is 13.5 Å². The molecule has 0 fully saturated rings. The van der Waals surface area contributed by atoms with E-state index in [9.17, 15) is 0 Å². The van der Waals surface area contributed by atoms with E-state index in [1.165, 1.54) is 5.56 Å². The number of hydrogen-bond donors (Lipinski definition) is 1. The predicted molar refractivity (Wildman–Crippen MR) is 51.6 cm³/mol. The minimum atomic E-state index is 0.152. The quantitative estimate of drug-likeness (QED) is 0.749. The summed E-state index contributed by atoms with van der Waals surface area (Å²) in [6.45, 7) is 2.81. The third kappa shape index (κ3) is 1.42. The first-order valence-corrected chi connectivity index (χ1v) is 4.33. The van der Waals surface area contributed by atoms with Crippen molar-refractivity contribution in [1.82, 2.24) is 9.55 Å². The largest absolute Gasteiger partial charge is 0.395 e. The average molecular weight is 176 g/mol. The second kappa shape index (κ2) is 3.18. The van der Waals surface area contributed by atoms with Crippen molar-refractivity contribution in [2.24, 2.45) is 0 Å². The maximum Gasteiger partial charge on any atom is 0.0959 e. The molecule has 1 N–H and O–H groups in total. The van der Waals surface area contributed by atoms with Gasteiger partial charge in [-0.25, -0.2) is 4.98 Å². The summed E-state index contributed by atoms with van der Waals surface area (Å²) in [4.78, 5) is 4.23. The van der Waals surface area contributed by atoms with E-state index in [1.807, 2.05) is 16.7 Å². The van der Waals surface area contributed by atoms with Gasteiger partial charge in [-0.1, -0.05) is 6.07 Å². The molecule has 1 aromatic carbocycles. The molecule has 0 amide bonds. The Kier molecular flexibility index (Phi) is 2.02. The van der Waals surface area contributed by atoms with Crippen molar-refractivity contribution in [3.63, 3.8) is 0 Å². The molecular weight excluding hydrogens is 164 g/mol. The molecule has 0 saturated heterocycles. The molecule has 0 aliphatic rings. The van der Waals surface area contributed by atoms with Gasteiger partial charge in [0, 0.05) is 6.54 Å². The summed E-state index contributed by atoms with van der Waals surface area (Å²) in [5, 5.41) is 8.82. The van der Waals surface area contributed by atoms with Crippen LogP contribution in [-0.2, 0) is 6.54 Å². The Morgan fingerprint density at radius 1 is 1.46 bits per heavy atom. The molecule has 0 radical (unpaired) electrons. The Bertz CT molecular complexity index is 420. The Morgan fingerprint density at radius 2 is 2.31 bits per heavy atom. The fraction of sp³-hybridized carbons (Fsp3) is 0.300. The second-order valence-electron chi connectivity index (χ2n) is 3.15. The number of hydrogen-bond acceptors (Lipinski definition) is 2. The zero-order valence-corrected chi connectivity index (χ0v) is 7.57. The number of aliphatic hydroxyl groups is 1. The van der Waals surface area contributed by atoms with Gasteiger partial charge in [0.1, 0.15) is 0 Å². The number of rotatable bonds is 2. The fourth-order valence-electron chi connectivity index (χ4n) is 1.45. The van der Waals surface area contributed by atoms with Crippen molar-refractivity contribution in [1.29, 1.82) is 0 Å². The van der Waals surface area contributed by atoms with Gasteiger partial charge in [0.15, 0.2) is 0 Å². The van der Waals surface area contributed by atoms with Gasteiger partial charge in [0.2, 0.25) is 0 Å². The molecule has 1 heterocycles. The van der Waals surface area contributed by atoms with Gasteiger partial charge >= 0.3 is 0 Å². The molecule has 68 valence electrons. The van der Waals surface area contributed by atoms with E-state index in [2.05, 4.69) is 18.0 Å². The molecule has 0 aliphatic heterocycles.